The summed E-state index contributed by atoms with van der Waals surface area (Å²) in [6.07, 6.45) is 0.859. The molecule has 7 heteroatoms. The second-order valence-corrected chi connectivity index (χ2v) is 6.73. The predicted molar refractivity (Wildman–Crippen MR) is 109 cm³/mol. The lowest BCUT2D eigenvalue weighted by Gasteiger charge is -2.16. The van der Waals surface area contributed by atoms with Crippen molar-refractivity contribution < 1.29 is 4.90 Å². The van der Waals surface area contributed by atoms with Crippen LogP contribution >= 0.6 is 12.2 Å². The molecule has 0 bridgehead atoms. The van der Waals surface area contributed by atoms with Gasteiger partial charge in [0.1, 0.15) is 0 Å². The van der Waals surface area contributed by atoms with Crippen LogP contribution in [0.2, 0.25) is 0 Å². The third-order valence-electron chi connectivity index (χ3n) is 4.44. The van der Waals surface area contributed by atoms with Crippen molar-refractivity contribution in [1.82, 2.24) is 14.3 Å². The Morgan fingerprint density at radius 3 is 2.04 bits per heavy atom. The van der Waals surface area contributed by atoms with E-state index in [4.69, 9.17) is 27.8 Å². The second kappa shape index (κ2) is 9.61. The summed E-state index contributed by atoms with van der Waals surface area (Å²) in [4.78, 5) is 1.11. The second-order valence-electron chi connectivity index (χ2n) is 6.37. The molecule has 0 aliphatic carbocycles. The number of aromatic nitrogens is 3. The van der Waals surface area contributed by atoms with Crippen LogP contribution in [0, 0.1) is 27.4 Å². The number of rotatable bonds is 8. The predicted octanol–water partition coefficient (Wildman–Crippen LogP) is 2.74. The molecule has 0 aliphatic heterocycles. The van der Waals surface area contributed by atoms with Crippen molar-refractivity contribution in [3.63, 3.8) is 0 Å². The van der Waals surface area contributed by atoms with E-state index >= 15 is 0 Å². The fraction of sp³-hybridized carbons (Fsp3) is 0.238. The van der Waals surface area contributed by atoms with E-state index in [9.17, 15) is 0 Å². The average molecular weight is 390 g/mol. The molecule has 1 N–H and O–H groups in total. The monoisotopic (exact) mass is 389 g/mol. The molecule has 140 valence electrons. The number of hydrogen-bond acceptors (Lipinski definition) is 4. The standard InChI is InChI=1S/C21H20N6S/c22-13-7-15-25(16-8-14-23)17-26-21(28)27(19-11-5-2-6-12-19)20(24-26)18-9-3-1-4-10-18/h1-6,9-12H,7-8,15-17H2/p+1. The summed E-state index contributed by atoms with van der Waals surface area (Å²) in [5.74, 6) is 0.775. The number of nitrogens with one attached hydrogen (secondary N) is 1. The van der Waals surface area contributed by atoms with Gasteiger partial charge in [0, 0.05) is 11.3 Å². The first-order chi connectivity index (χ1) is 13.7. The minimum atomic E-state index is 0.430. The SMILES string of the molecule is N#CCC[NH+](CCC#N)Cn1nc(-c2ccccc2)n(-c2ccccc2)c1=S. The number of quaternary nitrogens is 1. The first-order valence-electron chi connectivity index (χ1n) is 9.12. The van der Waals surface area contributed by atoms with Crippen LogP contribution in [0.1, 0.15) is 12.8 Å². The lowest BCUT2D eigenvalue weighted by atomic mass is 10.2. The highest BCUT2D eigenvalue weighted by Crippen LogP contribution is 2.22. The third-order valence-corrected chi connectivity index (χ3v) is 4.83. The van der Waals surface area contributed by atoms with Gasteiger partial charge in [-0.2, -0.15) is 15.2 Å². The Bertz CT molecular complexity index is 1020. The third kappa shape index (κ3) is 4.52. The highest BCUT2D eigenvalue weighted by molar-refractivity contribution is 7.71. The van der Waals surface area contributed by atoms with Crippen molar-refractivity contribution in [1.29, 1.82) is 10.5 Å². The van der Waals surface area contributed by atoms with Gasteiger partial charge in [-0.25, -0.2) is 0 Å². The van der Waals surface area contributed by atoms with Crippen molar-refractivity contribution in [2.24, 2.45) is 0 Å². The van der Waals surface area contributed by atoms with Crippen LogP contribution < -0.4 is 4.90 Å². The van der Waals surface area contributed by atoms with Gasteiger partial charge in [-0.15, -0.1) is 5.10 Å². The molecule has 1 aromatic heterocycles. The van der Waals surface area contributed by atoms with Gasteiger partial charge in [0.15, 0.2) is 12.5 Å². The molecule has 2 aromatic carbocycles. The fourth-order valence-corrected chi connectivity index (χ4v) is 3.35. The van der Waals surface area contributed by atoms with E-state index in [1.807, 2.05) is 65.2 Å². The van der Waals surface area contributed by atoms with Gasteiger partial charge in [0.2, 0.25) is 4.77 Å². The van der Waals surface area contributed by atoms with Crippen LogP contribution in [0.25, 0.3) is 17.1 Å². The zero-order valence-corrected chi connectivity index (χ0v) is 16.3. The first-order valence-corrected chi connectivity index (χ1v) is 9.53. The Balaban J connectivity index is 2.03. The molecule has 3 aromatic rings. The van der Waals surface area contributed by atoms with E-state index in [-0.39, 0.29) is 0 Å². The average Bonchev–Trinajstić information content (AvgIpc) is 3.07. The topological polar surface area (TPSA) is 74.8 Å². The molecule has 0 atom stereocenters. The first kappa shape index (κ1) is 19.5. The van der Waals surface area contributed by atoms with Crippen molar-refractivity contribution in [2.75, 3.05) is 13.1 Å². The van der Waals surface area contributed by atoms with E-state index in [1.165, 1.54) is 0 Å². The maximum Gasteiger partial charge on any atom is 0.207 e. The minimum absolute atomic E-state index is 0.430. The maximum absolute atomic E-state index is 8.93. The van der Waals surface area contributed by atoms with Gasteiger partial charge in [0.25, 0.3) is 0 Å². The molecule has 0 spiro atoms. The minimum Gasteiger partial charge on any atom is -0.315 e. The highest BCUT2D eigenvalue weighted by atomic mass is 32.1. The Labute approximate surface area is 169 Å². The van der Waals surface area contributed by atoms with E-state index in [1.54, 1.807) is 4.68 Å². The van der Waals surface area contributed by atoms with Gasteiger partial charge < -0.3 is 4.90 Å². The van der Waals surface area contributed by atoms with E-state index in [0.717, 1.165) is 22.0 Å². The van der Waals surface area contributed by atoms with Gasteiger partial charge in [-0.3, -0.25) is 4.57 Å². The molecule has 1 heterocycles. The Hall–Kier alpha value is -3.26. The molecule has 6 nitrogen and oxygen atoms in total. The quantitative estimate of drug-likeness (QED) is 0.601. The van der Waals surface area contributed by atoms with Crippen molar-refractivity contribution in [3.8, 4) is 29.2 Å². The van der Waals surface area contributed by atoms with E-state index < -0.39 is 0 Å². The maximum atomic E-state index is 8.93. The fourth-order valence-electron chi connectivity index (χ4n) is 3.05. The van der Waals surface area contributed by atoms with Crippen LogP contribution in [0.4, 0.5) is 0 Å². The van der Waals surface area contributed by atoms with Gasteiger partial charge in [-0.05, 0) is 24.4 Å². The summed E-state index contributed by atoms with van der Waals surface area (Å²) in [5, 5.41) is 22.7. The Morgan fingerprint density at radius 1 is 0.893 bits per heavy atom. The molecule has 3 rings (SSSR count). The smallest absolute Gasteiger partial charge is 0.207 e. The molecule has 0 fully saturated rings. The summed E-state index contributed by atoms with van der Waals surface area (Å²) in [6, 6.07) is 24.2. The zero-order valence-electron chi connectivity index (χ0n) is 15.5. The number of benzene rings is 2. The number of nitrogens with zero attached hydrogens (tertiary/aromatic N) is 5. The van der Waals surface area contributed by atoms with E-state index in [2.05, 4.69) is 12.1 Å². The molecule has 0 radical (unpaired) electrons. The number of para-hydroxylation sites is 1. The molecule has 0 aliphatic rings. The van der Waals surface area contributed by atoms with Gasteiger partial charge >= 0.3 is 0 Å². The van der Waals surface area contributed by atoms with Crippen LogP contribution in [-0.4, -0.2) is 27.4 Å². The summed E-state index contributed by atoms with van der Waals surface area (Å²) in [7, 11) is 0. The molecule has 0 saturated heterocycles. The van der Waals surface area contributed by atoms with Crippen LogP contribution in [0.15, 0.2) is 60.7 Å². The lowest BCUT2D eigenvalue weighted by Crippen LogP contribution is -3.11. The Kier molecular flexibility index (Phi) is 6.69. The molecular weight excluding hydrogens is 368 g/mol. The summed E-state index contributed by atoms with van der Waals surface area (Å²) < 4.78 is 4.36. The normalized spacial score (nSPS) is 10.5. The summed E-state index contributed by atoms with van der Waals surface area (Å²) >= 11 is 5.76. The van der Waals surface area contributed by atoms with Crippen molar-refractivity contribution in [3.05, 3.63) is 65.4 Å². The van der Waals surface area contributed by atoms with Gasteiger partial charge in [-0.1, -0.05) is 48.5 Å². The van der Waals surface area contributed by atoms with Crippen molar-refractivity contribution in [2.45, 2.75) is 19.5 Å². The molecule has 0 amide bonds. The Morgan fingerprint density at radius 2 is 1.46 bits per heavy atom. The highest BCUT2D eigenvalue weighted by Gasteiger charge is 2.17. The largest absolute Gasteiger partial charge is 0.315 e. The number of nitriles is 2. The zero-order chi connectivity index (χ0) is 19.8. The lowest BCUT2D eigenvalue weighted by molar-refractivity contribution is -0.922. The molecule has 0 unspecified atom stereocenters. The van der Waals surface area contributed by atoms with Crippen LogP contribution in [-0.2, 0) is 6.67 Å². The van der Waals surface area contributed by atoms with Crippen LogP contribution in [0.5, 0.6) is 0 Å². The van der Waals surface area contributed by atoms with Gasteiger partial charge in [0.05, 0.1) is 38.1 Å². The van der Waals surface area contributed by atoms with Crippen molar-refractivity contribution >= 4 is 12.2 Å². The van der Waals surface area contributed by atoms with Crippen LogP contribution in [0.3, 0.4) is 0 Å². The summed E-state index contributed by atoms with van der Waals surface area (Å²) in [5.41, 5.74) is 1.93. The molecule has 0 saturated carbocycles. The van der Waals surface area contributed by atoms with E-state index in [0.29, 0.717) is 37.4 Å². The molecule has 28 heavy (non-hydrogen) atoms. The number of hydrogen-bond donors (Lipinski definition) is 1. The summed E-state index contributed by atoms with van der Waals surface area (Å²) in [6.45, 7) is 1.82. The molecular formula is C21H21N6S+.